The lowest BCUT2D eigenvalue weighted by Gasteiger charge is -2.34. The number of aliphatic hydroxyl groups is 1. The van der Waals surface area contributed by atoms with E-state index in [9.17, 15) is 9.90 Å². The van der Waals surface area contributed by atoms with Crippen molar-refractivity contribution in [2.45, 2.75) is 20.0 Å². The molecule has 1 aliphatic rings. The Morgan fingerprint density at radius 3 is 2.72 bits per heavy atom. The minimum atomic E-state index is -0.810. The van der Waals surface area contributed by atoms with Crippen molar-refractivity contribution in [3.63, 3.8) is 0 Å². The molecule has 4 heterocycles. The number of nitrogens with one attached hydrogen (secondary N) is 3. The summed E-state index contributed by atoms with van der Waals surface area (Å²) in [6, 6.07) is 8.80. The Balaban J connectivity index is 1.42. The number of imidazole rings is 1. The zero-order valence-corrected chi connectivity index (χ0v) is 21.0. The number of rotatable bonds is 7. The van der Waals surface area contributed by atoms with E-state index in [0.29, 0.717) is 44.8 Å². The zero-order chi connectivity index (χ0) is 25.2. The number of H-pyrrole nitrogens is 2. The van der Waals surface area contributed by atoms with Crippen molar-refractivity contribution in [1.29, 1.82) is 0 Å². The lowest BCUT2D eigenvalue weighted by Crippen LogP contribution is -2.46. The van der Waals surface area contributed by atoms with Crippen LogP contribution in [0.3, 0.4) is 0 Å². The van der Waals surface area contributed by atoms with Crippen molar-refractivity contribution in [2.24, 2.45) is 0 Å². The summed E-state index contributed by atoms with van der Waals surface area (Å²) in [7, 11) is 0. The molecule has 5 rings (SSSR count). The lowest BCUT2D eigenvalue weighted by molar-refractivity contribution is 0.191. The number of anilines is 2. The topological polar surface area (TPSA) is 126 Å². The van der Waals surface area contributed by atoms with E-state index < -0.39 is 6.10 Å². The lowest BCUT2D eigenvalue weighted by atomic mass is 10.1. The molecule has 0 aliphatic carbocycles. The molecule has 0 radical (unpaired) electrons. The largest absolute Gasteiger partial charge is 0.387 e. The van der Waals surface area contributed by atoms with Crippen LogP contribution in [0.5, 0.6) is 0 Å². The summed E-state index contributed by atoms with van der Waals surface area (Å²) < 4.78 is 0. The van der Waals surface area contributed by atoms with Gasteiger partial charge in [-0.25, -0.2) is 9.97 Å². The molecule has 3 aromatic heterocycles. The maximum absolute atomic E-state index is 12.9. The molecule has 10 nitrogen and oxygen atoms in total. The number of hydrogen-bond donors (Lipinski definition) is 4. The van der Waals surface area contributed by atoms with Gasteiger partial charge in [0.1, 0.15) is 16.9 Å². The fourth-order valence-corrected chi connectivity index (χ4v) is 4.65. The molecule has 4 aromatic rings. The maximum atomic E-state index is 12.9. The van der Waals surface area contributed by atoms with Gasteiger partial charge in [-0.15, -0.1) is 0 Å². The second-order valence-corrected chi connectivity index (χ2v) is 9.30. The molecule has 1 atom stereocenters. The Morgan fingerprint density at radius 1 is 1.17 bits per heavy atom. The second kappa shape index (κ2) is 10.3. The fraction of sp³-hybridized carbons (Fsp3) is 0.360. The molecule has 4 N–H and O–H groups in total. The highest BCUT2D eigenvalue weighted by Crippen LogP contribution is 2.27. The molecule has 1 aromatic carbocycles. The highest BCUT2D eigenvalue weighted by Gasteiger charge is 2.22. The summed E-state index contributed by atoms with van der Waals surface area (Å²) in [5.41, 5.74) is 3.20. The molecule has 1 aliphatic heterocycles. The Labute approximate surface area is 213 Å². The van der Waals surface area contributed by atoms with E-state index in [1.807, 2.05) is 6.92 Å². The highest BCUT2D eigenvalue weighted by atomic mass is 35.5. The van der Waals surface area contributed by atoms with Crippen LogP contribution in [-0.2, 0) is 0 Å². The first-order valence-electron chi connectivity index (χ1n) is 12.0. The Bertz CT molecular complexity index is 1430. The minimum Gasteiger partial charge on any atom is -0.387 e. The number of aromatic nitrogens is 5. The van der Waals surface area contributed by atoms with E-state index in [4.69, 9.17) is 21.6 Å². The monoisotopic (exact) mass is 508 g/mol. The summed E-state index contributed by atoms with van der Waals surface area (Å²) in [4.78, 5) is 37.5. The van der Waals surface area contributed by atoms with Gasteiger partial charge in [0.25, 0.3) is 5.56 Å². The Kier molecular flexibility index (Phi) is 6.90. The average Bonchev–Trinajstić information content (AvgIpc) is 3.31. The molecule has 188 valence electrons. The van der Waals surface area contributed by atoms with Gasteiger partial charge in [0.2, 0.25) is 5.95 Å². The van der Waals surface area contributed by atoms with Crippen LogP contribution in [0.1, 0.15) is 24.3 Å². The average molecular weight is 509 g/mol. The summed E-state index contributed by atoms with van der Waals surface area (Å²) >= 11 is 6.05. The van der Waals surface area contributed by atoms with Gasteiger partial charge >= 0.3 is 0 Å². The van der Waals surface area contributed by atoms with E-state index in [2.05, 4.69) is 37.0 Å². The van der Waals surface area contributed by atoms with Gasteiger partial charge in [-0.3, -0.25) is 4.79 Å². The van der Waals surface area contributed by atoms with Crippen LogP contribution >= 0.6 is 11.6 Å². The molecule has 0 amide bonds. The van der Waals surface area contributed by atoms with Crippen molar-refractivity contribution in [2.75, 3.05) is 49.5 Å². The molecule has 1 saturated heterocycles. The van der Waals surface area contributed by atoms with Gasteiger partial charge in [0.05, 0.1) is 17.5 Å². The van der Waals surface area contributed by atoms with Crippen LogP contribution in [0.2, 0.25) is 5.02 Å². The van der Waals surface area contributed by atoms with Crippen LogP contribution in [0.4, 0.5) is 11.6 Å². The zero-order valence-electron chi connectivity index (χ0n) is 20.3. The third kappa shape index (κ3) is 4.92. The third-order valence-electron chi connectivity index (χ3n) is 6.53. The summed E-state index contributed by atoms with van der Waals surface area (Å²) in [5, 5.41) is 14.3. The van der Waals surface area contributed by atoms with E-state index in [0.717, 1.165) is 38.4 Å². The van der Waals surface area contributed by atoms with Gasteiger partial charge in [0.15, 0.2) is 5.65 Å². The molecule has 0 spiro atoms. The SMILES string of the molecule is CCN1CCN(c2nc(C)c3nc(-c4c(NCC(O)c5cccc(Cl)c5)cc[nH]c4=O)[nH]c3n2)CC1. The normalized spacial score (nSPS) is 15.4. The van der Waals surface area contributed by atoms with Crippen LogP contribution in [0.15, 0.2) is 41.3 Å². The quantitative estimate of drug-likeness (QED) is 0.300. The van der Waals surface area contributed by atoms with Crippen LogP contribution < -0.4 is 15.8 Å². The Morgan fingerprint density at radius 2 is 1.97 bits per heavy atom. The van der Waals surface area contributed by atoms with Crippen molar-refractivity contribution >= 4 is 34.4 Å². The number of fused-ring (bicyclic) bond motifs is 1. The smallest absolute Gasteiger partial charge is 0.261 e. The fourth-order valence-electron chi connectivity index (χ4n) is 4.45. The second-order valence-electron chi connectivity index (χ2n) is 8.86. The minimum absolute atomic E-state index is 0.184. The van der Waals surface area contributed by atoms with Gasteiger partial charge in [-0.2, -0.15) is 4.98 Å². The number of aromatic amines is 2. The highest BCUT2D eigenvalue weighted by molar-refractivity contribution is 6.30. The van der Waals surface area contributed by atoms with Crippen LogP contribution in [-0.4, -0.2) is 74.2 Å². The summed E-state index contributed by atoms with van der Waals surface area (Å²) in [5.74, 6) is 1.05. The number of aliphatic hydroxyl groups excluding tert-OH is 1. The van der Waals surface area contributed by atoms with E-state index in [1.165, 1.54) is 0 Å². The van der Waals surface area contributed by atoms with Crippen molar-refractivity contribution < 1.29 is 5.11 Å². The number of aryl methyl sites for hydroxylation is 1. The number of hydrogen-bond acceptors (Lipinski definition) is 8. The number of pyridine rings is 1. The van der Waals surface area contributed by atoms with Crippen LogP contribution in [0, 0.1) is 6.92 Å². The van der Waals surface area contributed by atoms with Gasteiger partial charge in [-0.05, 0) is 37.2 Å². The van der Waals surface area contributed by atoms with Crippen molar-refractivity contribution in [1.82, 2.24) is 29.8 Å². The predicted octanol–water partition coefficient (Wildman–Crippen LogP) is 2.96. The molecular formula is C25H29ClN8O2. The maximum Gasteiger partial charge on any atom is 0.261 e. The van der Waals surface area contributed by atoms with Crippen LogP contribution in [0.25, 0.3) is 22.6 Å². The number of halogens is 1. The number of likely N-dealkylation sites (N-methyl/N-ethyl adjacent to an activating group) is 1. The number of benzene rings is 1. The van der Waals surface area contributed by atoms with Gasteiger partial charge in [0, 0.05) is 43.9 Å². The van der Waals surface area contributed by atoms with Gasteiger partial charge < -0.3 is 30.2 Å². The third-order valence-corrected chi connectivity index (χ3v) is 6.76. The molecule has 0 saturated carbocycles. The van der Waals surface area contributed by atoms with E-state index >= 15 is 0 Å². The standard InChI is InChI=1S/C25H29ClN8O2/c1-3-33-9-11-34(12-10-33)25-29-15(2)21-23(32-25)31-22(30-21)20-18(7-8-27-24(20)36)28-14-19(35)16-5-4-6-17(26)13-16/h4-8,13,19,35H,3,9-12,14H2,1-2H3,(H2,27,28,36)(H,29,30,31,32). The van der Waals surface area contributed by atoms with Crippen molar-refractivity contribution in [3.8, 4) is 11.4 Å². The van der Waals surface area contributed by atoms with Gasteiger partial charge in [-0.1, -0.05) is 30.7 Å². The van der Waals surface area contributed by atoms with E-state index in [-0.39, 0.29) is 12.1 Å². The molecular weight excluding hydrogens is 480 g/mol. The first-order chi connectivity index (χ1) is 17.4. The molecule has 1 unspecified atom stereocenters. The molecule has 1 fully saturated rings. The van der Waals surface area contributed by atoms with E-state index in [1.54, 1.807) is 36.5 Å². The molecule has 11 heteroatoms. The first-order valence-corrected chi connectivity index (χ1v) is 12.4. The molecule has 0 bridgehead atoms. The van der Waals surface area contributed by atoms with Crippen molar-refractivity contribution in [3.05, 3.63) is 63.2 Å². The summed E-state index contributed by atoms with van der Waals surface area (Å²) in [6.07, 6.45) is 0.747. The first kappa shape index (κ1) is 24.2. The molecule has 36 heavy (non-hydrogen) atoms. The predicted molar refractivity (Wildman–Crippen MR) is 142 cm³/mol. The number of nitrogens with zero attached hydrogens (tertiary/aromatic N) is 5. The number of piperazine rings is 1. The summed E-state index contributed by atoms with van der Waals surface area (Å²) in [6.45, 7) is 8.96. The Hall–Kier alpha value is -3.47.